The molecule has 1 aliphatic heterocycles. The minimum Gasteiger partial charge on any atom is -0.455 e. The molecule has 168 valence electrons. The van der Waals surface area contributed by atoms with Gasteiger partial charge >= 0.3 is 0 Å². The summed E-state index contributed by atoms with van der Waals surface area (Å²) in [6, 6.07) is 37.2. The molecular formula is C30H19NO3S. The third-order valence-electron chi connectivity index (χ3n) is 6.61. The van der Waals surface area contributed by atoms with Gasteiger partial charge in [0.2, 0.25) is 9.84 Å². The summed E-state index contributed by atoms with van der Waals surface area (Å²) in [7, 11) is -3.62. The predicted octanol–water partition coefficient (Wildman–Crippen LogP) is 7.39. The molecule has 0 atom stereocenters. The normalized spacial score (nSPS) is 13.8. The van der Waals surface area contributed by atoms with Crippen molar-refractivity contribution in [1.82, 2.24) is 4.57 Å². The minimum absolute atomic E-state index is 0.196. The fraction of sp³-hybridized carbons (Fsp3) is 0. The van der Waals surface area contributed by atoms with Crippen molar-refractivity contribution >= 4 is 31.6 Å². The number of ether oxygens (including phenoxy) is 1. The molecule has 0 N–H and O–H groups in total. The van der Waals surface area contributed by atoms with E-state index in [0.717, 1.165) is 33.2 Å². The van der Waals surface area contributed by atoms with Crippen molar-refractivity contribution in [2.45, 2.75) is 9.79 Å². The number of rotatable bonds is 2. The number of sulfone groups is 1. The highest BCUT2D eigenvalue weighted by molar-refractivity contribution is 7.91. The number of fused-ring (bicyclic) bond motifs is 5. The van der Waals surface area contributed by atoms with Gasteiger partial charge in [-0.1, -0.05) is 60.7 Å². The monoisotopic (exact) mass is 473 g/mol. The molecule has 0 amide bonds. The van der Waals surface area contributed by atoms with Crippen molar-refractivity contribution < 1.29 is 13.2 Å². The van der Waals surface area contributed by atoms with Crippen molar-refractivity contribution in [3.63, 3.8) is 0 Å². The maximum absolute atomic E-state index is 13.1. The summed E-state index contributed by atoms with van der Waals surface area (Å²) in [5.41, 5.74) is 5.26. The Balaban J connectivity index is 1.41. The highest BCUT2D eigenvalue weighted by atomic mass is 32.2. The summed E-state index contributed by atoms with van der Waals surface area (Å²) in [6.45, 7) is 0. The van der Waals surface area contributed by atoms with Crippen LogP contribution in [0.1, 0.15) is 0 Å². The zero-order valence-corrected chi connectivity index (χ0v) is 19.4. The third-order valence-corrected chi connectivity index (χ3v) is 8.44. The van der Waals surface area contributed by atoms with Gasteiger partial charge in [0.05, 0.1) is 11.0 Å². The van der Waals surface area contributed by atoms with Gasteiger partial charge < -0.3 is 9.30 Å². The lowest BCUT2D eigenvalue weighted by Crippen LogP contribution is -2.10. The van der Waals surface area contributed by atoms with Crippen LogP contribution in [0.25, 0.3) is 38.6 Å². The summed E-state index contributed by atoms with van der Waals surface area (Å²) in [6.07, 6.45) is 0. The molecule has 0 aliphatic carbocycles. The first-order valence-corrected chi connectivity index (χ1v) is 12.8. The molecule has 4 nitrogen and oxygen atoms in total. The van der Waals surface area contributed by atoms with Crippen LogP contribution in [0.3, 0.4) is 0 Å². The molecule has 0 unspecified atom stereocenters. The molecular weight excluding hydrogens is 454 g/mol. The Morgan fingerprint density at radius 2 is 1.20 bits per heavy atom. The molecule has 0 bridgehead atoms. The van der Waals surface area contributed by atoms with Gasteiger partial charge in [0.15, 0.2) is 0 Å². The van der Waals surface area contributed by atoms with E-state index < -0.39 is 9.84 Å². The maximum atomic E-state index is 13.1. The number of hydrogen-bond acceptors (Lipinski definition) is 3. The molecule has 5 aromatic carbocycles. The van der Waals surface area contributed by atoms with Crippen LogP contribution in [0.4, 0.5) is 0 Å². The van der Waals surface area contributed by atoms with E-state index in [-0.39, 0.29) is 9.79 Å². The fourth-order valence-corrected chi connectivity index (χ4v) is 6.47. The van der Waals surface area contributed by atoms with Gasteiger partial charge in [-0.15, -0.1) is 0 Å². The van der Waals surface area contributed by atoms with E-state index in [4.69, 9.17) is 4.74 Å². The molecule has 7 rings (SSSR count). The lowest BCUT2D eigenvalue weighted by Gasteiger charge is -2.20. The molecule has 0 saturated heterocycles. The van der Waals surface area contributed by atoms with Gasteiger partial charge in [-0.05, 0) is 65.7 Å². The van der Waals surface area contributed by atoms with E-state index in [2.05, 4.69) is 59.2 Å². The zero-order valence-electron chi connectivity index (χ0n) is 18.5. The number of hydrogen-bond donors (Lipinski definition) is 0. The Morgan fingerprint density at radius 1 is 0.543 bits per heavy atom. The number of nitrogens with zero attached hydrogens (tertiary/aromatic N) is 1. The molecule has 35 heavy (non-hydrogen) atoms. The van der Waals surface area contributed by atoms with Gasteiger partial charge in [-0.25, -0.2) is 8.42 Å². The van der Waals surface area contributed by atoms with Crippen LogP contribution >= 0.6 is 0 Å². The van der Waals surface area contributed by atoms with Gasteiger partial charge in [-0.3, -0.25) is 0 Å². The minimum atomic E-state index is -3.62. The van der Waals surface area contributed by atoms with E-state index in [1.807, 2.05) is 30.3 Å². The standard InChI is InChI=1S/C30H19NO3S/c32-35(33)29-13-7-6-12-27(29)34-28-19-21(15-17-30(28)35)20-14-16-26-24(18-20)23-10-4-5-11-25(23)31(26)22-8-2-1-3-9-22/h1-19H. The number of benzene rings is 5. The van der Waals surface area contributed by atoms with E-state index >= 15 is 0 Å². The predicted molar refractivity (Wildman–Crippen MR) is 138 cm³/mol. The second-order valence-electron chi connectivity index (χ2n) is 8.63. The highest BCUT2D eigenvalue weighted by Crippen LogP contribution is 2.44. The molecule has 2 heterocycles. The number of para-hydroxylation sites is 3. The Hall–Kier alpha value is -4.35. The fourth-order valence-electron chi connectivity index (χ4n) is 4.99. The van der Waals surface area contributed by atoms with E-state index in [0.29, 0.717) is 11.5 Å². The summed E-state index contributed by atoms with van der Waals surface area (Å²) in [5, 5.41) is 2.30. The van der Waals surface area contributed by atoms with Crippen molar-refractivity contribution in [1.29, 1.82) is 0 Å². The first-order chi connectivity index (χ1) is 17.1. The Labute approximate surface area is 202 Å². The highest BCUT2D eigenvalue weighted by Gasteiger charge is 2.31. The van der Waals surface area contributed by atoms with Crippen LogP contribution in [0.15, 0.2) is 125 Å². The number of aromatic nitrogens is 1. The first kappa shape index (κ1) is 20.1. The smallest absolute Gasteiger partial charge is 0.213 e. The van der Waals surface area contributed by atoms with Crippen LogP contribution in [0, 0.1) is 0 Å². The topological polar surface area (TPSA) is 48.3 Å². The van der Waals surface area contributed by atoms with E-state index in [1.165, 1.54) is 5.39 Å². The molecule has 1 aliphatic rings. The molecule has 0 saturated carbocycles. The lowest BCUT2D eigenvalue weighted by molar-refractivity contribution is 0.443. The average Bonchev–Trinajstić information content (AvgIpc) is 3.23. The Kier molecular flexibility index (Phi) is 4.20. The van der Waals surface area contributed by atoms with Crippen LogP contribution in [-0.4, -0.2) is 13.0 Å². The van der Waals surface area contributed by atoms with Gasteiger partial charge in [0.1, 0.15) is 21.3 Å². The van der Waals surface area contributed by atoms with Gasteiger partial charge in [0, 0.05) is 16.5 Å². The Morgan fingerprint density at radius 3 is 2.09 bits per heavy atom. The van der Waals surface area contributed by atoms with E-state index in [1.54, 1.807) is 30.3 Å². The molecule has 5 heteroatoms. The largest absolute Gasteiger partial charge is 0.455 e. The second-order valence-corrected chi connectivity index (χ2v) is 10.5. The van der Waals surface area contributed by atoms with Crippen molar-refractivity contribution in [2.24, 2.45) is 0 Å². The molecule has 0 spiro atoms. The van der Waals surface area contributed by atoms with Crippen molar-refractivity contribution in [3.8, 4) is 28.3 Å². The summed E-state index contributed by atoms with van der Waals surface area (Å²) in [4.78, 5) is 0.400. The van der Waals surface area contributed by atoms with Crippen LogP contribution < -0.4 is 4.74 Å². The van der Waals surface area contributed by atoms with E-state index in [9.17, 15) is 8.42 Å². The van der Waals surface area contributed by atoms with Crippen molar-refractivity contribution in [3.05, 3.63) is 115 Å². The van der Waals surface area contributed by atoms with Crippen LogP contribution in [0.5, 0.6) is 11.5 Å². The third kappa shape index (κ3) is 2.95. The maximum Gasteiger partial charge on any atom is 0.213 e. The first-order valence-electron chi connectivity index (χ1n) is 11.4. The quantitative estimate of drug-likeness (QED) is 0.263. The summed E-state index contributed by atoms with van der Waals surface area (Å²) >= 11 is 0. The average molecular weight is 474 g/mol. The second kappa shape index (κ2) is 7.32. The lowest BCUT2D eigenvalue weighted by atomic mass is 10.0. The van der Waals surface area contributed by atoms with Crippen LogP contribution in [-0.2, 0) is 9.84 Å². The summed E-state index contributed by atoms with van der Waals surface area (Å²) in [5.74, 6) is 0.714. The molecule has 0 fully saturated rings. The zero-order chi connectivity index (χ0) is 23.6. The SMILES string of the molecule is O=S1(=O)c2ccccc2Oc2cc(-c3ccc4c(c3)c3ccccc3n4-c3ccccc3)ccc21. The molecule has 1 aromatic heterocycles. The van der Waals surface area contributed by atoms with Gasteiger partial charge in [-0.2, -0.15) is 0 Å². The Bertz CT molecular complexity index is 1890. The van der Waals surface area contributed by atoms with Crippen LogP contribution in [0.2, 0.25) is 0 Å². The molecule has 0 radical (unpaired) electrons. The van der Waals surface area contributed by atoms with Gasteiger partial charge in [0.25, 0.3) is 0 Å². The molecule has 6 aromatic rings. The van der Waals surface area contributed by atoms with Crippen molar-refractivity contribution in [2.75, 3.05) is 0 Å². The summed E-state index contributed by atoms with van der Waals surface area (Å²) < 4.78 is 34.5.